The predicted molar refractivity (Wildman–Crippen MR) is 69.7 cm³/mol. The molecule has 2 rings (SSSR count). The SMILES string of the molecule is CC(C)COc1ccc(C=O)c2ccccc12. The minimum absolute atomic E-state index is 0.486. The van der Waals surface area contributed by atoms with E-state index < -0.39 is 0 Å². The molecule has 0 saturated carbocycles. The Morgan fingerprint density at radius 1 is 1.12 bits per heavy atom. The van der Waals surface area contributed by atoms with Gasteiger partial charge in [0.1, 0.15) is 5.75 Å². The van der Waals surface area contributed by atoms with E-state index in [1.807, 2.05) is 36.4 Å². The Morgan fingerprint density at radius 2 is 1.82 bits per heavy atom. The van der Waals surface area contributed by atoms with Crippen LogP contribution in [-0.4, -0.2) is 12.9 Å². The minimum atomic E-state index is 0.486. The maximum Gasteiger partial charge on any atom is 0.150 e. The summed E-state index contributed by atoms with van der Waals surface area (Å²) in [6, 6.07) is 11.5. The third kappa shape index (κ3) is 2.47. The zero-order valence-corrected chi connectivity index (χ0v) is 10.1. The highest BCUT2D eigenvalue weighted by Crippen LogP contribution is 2.28. The number of hydrogen-bond acceptors (Lipinski definition) is 2. The van der Waals surface area contributed by atoms with E-state index in [2.05, 4.69) is 13.8 Å². The van der Waals surface area contributed by atoms with E-state index in [1.54, 1.807) is 0 Å². The first-order valence-electron chi connectivity index (χ1n) is 5.82. The van der Waals surface area contributed by atoms with Gasteiger partial charge in [-0.1, -0.05) is 38.1 Å². The molecule has 0 radical (unpaired) electrons. The summed E-state index contributed by atoms with van der Waals surface area (Å²) in [5.74, 6) is 1.33. The number of rotatable bonds is 4. The molecule has 0 N–H and O–H groups in total. The average Bonchev–Trinajstić information content (AvgIpc) is 2.35. The third-order valence-corrected chi connectivity index (χ3v) is 2.62. The van der Waals surface area contributed by atoms with Gasteiger partial charge < -0.3 is 4.74 Å². The Labute approximate surface area is 101 Å². The van der Waals surface area contributed by atoms with Gasteiger partial charge in [-0.3, -0.25) is 4.79 Å². The van der Waals surface area contributed by atoms with E-state index in [-0.39, 0.29) is 0 Å². The van der Waals surface area contributed by atoms with Gasteiger partial charge >= 0.3 is 0 Å². The van der Waals surface area contributed by atoms with Crippen molar-refractivity contribution < 1.29 is 9.53 Å². The Bertz CT molecular complexity index is 529. The van der Waals surface area contributed by atoms with Gasteiger partial charge in [0.25, 0.3) is 0 Å². The topological polar surface area (TPSA) is 26.3 Å². The van der Waals surface area contributed by atoms with Crippen molar-refractivity contribution in [1.29, 1.82) is 0 Å². The highest BCUT2D eigenvalue weighted by molar-refractivity contribution is 6.00. The maximum atomic E-state index is 11.0. The number of fused-ring (bicyclic) bond motifs is 1. The molecule has 0 amide bonds. The van der Waals surface area contributed by atoms with Gasteiger partial charge in [-0.2, -0.15) is 0 Å². The smallest absolute Gasteiger partial charge is 0.150 e. The zero-order valence-electron chi connectivity index (χ0n) is 10.1. The van der Waals surface area contributed by atoms with E-state index in [0.29, 0.717) is 18.1 Å². The van der Waals surface area contributed by atoms with Crippen molar-refractivity contribution in [2.75, 3.05) is 6.61 Å². The van der Waals surface area contributed by atoms with Crippen molar-refractivity contribution in [2.45, 2.75) is 13.8 Å². The molecule has 2 aromatic rings. The van der Waals surface area contributed by atoms with Crippen LogP contribution in [0.4, 0.5) is 0 Å². The van der Waals surface area contributed by atoms with Gasteiger partial charge in [0.05, 0.1) is 6.61 Å². The summed E-state index contributed by atoms with van der Waals surface area (Å²) in [6.45, 7) is 4.91. The van der Waals surface area contributed by atoms with Gasteiger partial charge in [0, 0.05) is 10.9 Å². The molecule has 0 unspecified atom stereocenters. The third-order valence-electron chi connectivity index (χ3n) is 2.62. The molecule has 0 bridgehead atoms. The van der Waals surface area contributed by atoms with Crippen molar-refractivity contribution in [3.05, 3.63) is 42.0 Å². The Kier molecular flexibility index (Phi) is 3.43. The lowest BCUT2D eigenvalue weighted by Gasteiger charge is -2.12. The van der Waals surface area contributed by atoms with Crippen LogP contribution in [0.2, 0.25) is 0 Å². The summed E-state index contributed by atoms with van der Waals surface area (Å²) >= 11 is 0. The number of hydrogen-bond donors (Lipinski definition) is 0. The van der Waals surface area contributed by atoms with Crippen molar-refractivity contribution in [3.63, 3.8) is 0 Å². The van der Waals surface area contributed by atoms with Crippen molar-refractivity contribution in [3.8, 4) is 5.75 Å². The van der Waals surface area contributed by atoms with E-state index in [0.717, 1.165) is 22.8 Å². The standard InChI is InChI=1S/C15H16O2/c1-11(2)10-17-15-8-7-12(9-16)13-5-3-4-6-14(13)15/h3-9,11H,10H2,1-2H3. The van der Waals surface area contributed by atoms with E-state index >= 15 is 0 Å². The fourth-order valence-corrected chi connectivity index (χ4v) is 1.78. The summed E-state index contributed by atoms with van der Waals surface area (Å²) in [5, 5.41) is 1.95. The monoisotopic (exact) mass is 228 g/mol. The second-order valence-electron chi connectivity index (χ2n) is 4.52. The van der Waals surface area contributed by atoms with E-state index in [1.165, 1.54) is 0 Å². The molecule has 17 heavy (non-hydrogen) atoms. The fraction of sp³-hybridized carbons (Fsp3) is 0.267. The van der Waals surface area contributed by atoms with Crippen LogP contribution in [0.5, 0.6) is 5.75 Å². The number of carbonyl (C=O) groups excluding carboxylic acids is 1. The maximum absolute atomic E-state index is 11.0. The van der Waals surface area contributed by atoms with Crippen LogP contribution in [0.15, 0.2) is 36.4 Å². The fourth-order valence-electron chi connectivity index (χ4n) is 1.78. The van der Waals surface area contributed by atoms with Crippen LogP contribution in [-0.2, 0) is 0 Å². The molecular weight excluding hydrogens is 212 g/mol. The molecule has 0 aliphatic heterocycles. The Morgan fingerprint density at radius 3 is 2.47 bits per heavy atom. The molecule has 0 aliphatic rings. The predicted octanol–water partition coefficient (Wildman–Crippen LogP) is 3.69. The summed E-state index contributed by atoms with van der Waals surface area (Å²) in [6.07, 6.45) is 0.883. The van der Waals surface area contributed by atoms with Crippen LogP contribution in [0.1, 0.15) is 24.2 Å². The molecule has 0 spiro atoms. The summed E-state index contributed by atoms with van der Waals surface area (Å²) < 4.78 is 5.76. The Hall–Kier alpha value is -1.83. The molecule has 2 nitrogen and oxygen atoms in total. The van der Waals surface area contributed by atoms with Crippen LogP contribution >= 0.6 is 0 Å². The number of ether oxygens (including phenoxy) is 1. The second kappa shape index (κ2) is 5.00. The molecule has 2 heteroatoms. The molecule has 2 aromatic carbocycles. The van der Waals surface area contributed by atoms with Gasteiger partial charge in [-0.05, 0) is 23.4 Å². The number of aldehydes is 1. The van der Waals surface area contributed by atoms with Gasteiger partial charge in [-0.15, -0.1) is 0 Å². The first kappa shape index (κ1) is 11.6. The van der Waals surface area contributed by atoms with Crippen molar-refractivity contribution in [2.24, 2.45) is 5.92 Å². The normalized spacial score (nSPS) is 10.8. The van der Waals surface area contributed by atoms with Crippen LogP contribution in [0, 0.1) is 5.92 Å². The van der Waals surface area contributed by atoms with E-state index in [9.17, 15) is 4.79 Å². The van der Waals surface area contributed by atoms with Crippen molar-refractivity contribution >= 4 is 17.1 Å². The number of carbonyl (C=O) groups is 1. The molecule has 0 fully saturated rings. The molecule has 0 saturated heterocycles. The van der Waals surface area contributed by atoms with Crippen LogP contribution < -0.4 is 4.74 Å². The van der Waals surface area contributed by atoms with Gasteiger partial charge in [0.15, 0.2) is 6.29 Å². The molecule has 0 aromatic heterocycles. The largest absolute Gasteiger partial charge is 0.493 e. The summed E-state index contributed by atoms with van der Waals surface area (Å²) in [5.41, 5.74) is 0.706. The molecule has 0 heterocycles. The summed E-state index contributed by atoms with van der Waals surface area (Å²) in [4.78, 5) is 11.0. The molecule has 0 atom stereocenters. The molecule has 88 valence electrons. The van der Waals surface area contributed by atoms with Gasteiger partial charge in [-0.25, -0.2) is 0 Å². The van der Waals surface area contributed by atoms with Crippen LogP contribution in [0.25, 0.3) is 10.8 Å². The number of benzene rings is 2. The lowest BCUT2D eigenvalue weighted by Crippen LogP contribution is -2.05. The van der Waals surface area contributed by atoms with Crippen LogP contribution in [0.3, 0.4) is 0 Å². The minimum Gasteiger partial charge on any atom is -0.493 e. The molecule has 0 aliphatic carbocycles. The van der Waals surface area contributed by atoms with E-state index in [4.69, 9.17) is 4.74 Å². The van der Waals surface area contributed by atoms with Crippen molar-refractivity contribution in [1.82, 2.24) is 0 Å². The second-order valence-corrected chi connectivity index (χ2v) is 4.52. The quantitative estimate of drug-likeness (QED) is 0.746. The first-order valence-corrected chi connectivity index (χ1v) is 5.82. The first-order chi connectivity index (χ1) is 8.22. The Balaban J connectivity index is 2.47. The molecular formula is C15H16O2. The van der Waals surface area contributed by atoms with Gasteiger partial charge in [0.2, 0.25) is 0 Å². The lowest BCUT2D eigenvalue weighted by atomic mass is 10.0. The average molecular weight is 228 g/mol. The summed E-state index contributed by atoms with van der Waals surface area (Å²) in [7, 11) is 0. The lowest BCUT2D eigenvalue weighted by molar-refractivity contribution is 0.112. The highest BCUT2D eigenvalue weighted by Gasteiger charge is 2.06. The highest BCUT2D eigenvalue weighted by atomic mass is 16.5. The zero-order chi connectivity index (χ0) is 12.3.